The van der Waals surface area contributed by atoms with E-state index in [4.69, 9.17) is 0 Å². The normalized spacial score (nSPS) is 10.8. The molecule has 12 heavy (non-hydrogen) atoms. The summed E-state index contributed by atoms with van der Waals surface area (Å²) in [7, 11) is 0. The third-order valence-electron chi connectivity index (χ3n) is 1.71. The van der Waals surface area contributed by atoms with Crippen molar-refractivity contribution in [2.24, 2.45) is 0 Å². The Morgan fingerprint density at radius 1 is 1.42 bits per heavy atom. The van der Waals surface area contributed by atoms with Gasteiger partial charge in [0.2, 0.25) is 5.91 Å². The molecule has 0 aliphatic carbocycles. The molecule has 0 saturated carbocycles. The van der Waals surface area contributed by atoms with Crippen molar-refractivity contribution in [2.75, 3.05) is 0 Å². The lowest BCUT2D eigenvalue weighted by Gasteiger charge is -2.13. The van der Waals surface area contributed by atoms with E-state index in [1.165, 1.54) is 0 Å². The number of rotatable bonds is 5. The Labute approximate surface area is 75.7 Å². The molecule has 0 rings (SSSR count). The van der Waals surface area contributed by atoms with E-state index in [9.17, 15) is 4.79 Å². The average Bonchev–Trinajstić information content (AvgIpc) is 1.98. The number of nitrogens with one attached hydrogen (secondary N) is 1. The molecule has 0 aliphatic rings. The lowest BCUT2D eigenvalue weighted by atomic mass is 10.0. The molecule has 1 radical (unpaired) electrons. The van der Waals surface area contributed by atoms with Crippen LogP contribution in [0.4, 0.5) is 0 Å². The van der Waals surface area contributed by atoms with Gasteiger partial charge in [0.05, 0.1) is 5.92 Å². The van der Waals surface area contributed by atoms with Crippen molar-refractivity contribution in [1.82, 2.24) is 5.32 Å². The lowest BCUT2D eigenvalue weighted by Crippen LogP contribution is -2.33. The molecule has 0 aromatic rings. The van der Waals surface area contributed by atoms with E-state index in [0.29, 0.717) is 0 Å². The molecular weight excluding hydrogens is 150 g/mol. The summed E-state index contributed by atoms with van der Waals surface area (Å²) in [5.41, 5.74) is 0. The highest BCUT2D eigenvalue weighted by molar-refractivity contribution is 5.89. The number of hydrogen-bond donors (Lipinski definition) is 1. The summed E-state index contributed by atoms with van der Waals surface area (Å²) in [6.45, 7) is 8.00. The minimum atomic E-state index is 0.110. The quantitative estimate of drug-likeness (QED) is 0.674. The second-order valence-corrected chi connectivity index (χ2v) is 3.51. The van der Waals surface area contributed by atoms with Crippen molar-refractivity contribution in [3.63, 3.8) is 0 Å². The number of carbonyl (C=O) groups excluding carboxylic acids is 1. The standard InChI is InChI=1S/C10H20NO/c1-5-6-7-9(4)10(12)11-8(2)3/h8H,5-7H2,1-4H3,(H,11,12). The molecule has 1 N–H and O–H groups in total. The molecule has 0 spiro atoms. The van der Waals surface area contributed by atoms with Crippen molar-refractivity contribution in [1.29, 1.82) is 0 Å². The van der Waals surface area contributed by atoms with Crippen molar-refractivity contribution >= 4 is 5.91 Å². The minimum absolute atomic E-state index is 0.110. The number of unbranched alkanes of at least 4 members (excludes halogenated alkanes) is 1. The van der Waals surface area contributed by atoms with Crippen LogP contribution < -0.4 is 5.32 Å². The third kappa shape index (κ3) is 5.16. The summed E-state index contributed by atoms with van der Waals surface area (Å²) in [4.78, 5) is 11.3. The molecule has 0 bridgehead atoms. The van der Waals surface area contributed by atoms with Crippen molar-refractivity contribution in [3.05, 3.63) is 5.92 Å². The van der Waals surface area contributed by atoms with E-state index in [-0.39, 0.29) is 11.9 Å². The smallest absolute Gasteiger partial charge is 0.227 e. The van der Waals surface area contributed by atoms with Crippen LogP contribution in [0.15, 0.2) is 0 Å². The summed E-state index contributed by atoms with van der Waals surface area (Å²) in [5, 5.41) is 2.88. The first kappa shape index (κ1) is 11.5. The summed E-state index contributed by atoms with van der Waals surface area (Å²) in [6.07, 6.45) is 3.18. The van der Waals surface area contributed by atoms with Gasteiger partial charge >= 0.3 is 0 Å². The SMILES string of the molecule is CCCC[C](C)C(=O)NC(C)C. The Morgan fingerprint density at radius 3 is 2.42 bits per heavy atom. The molecule has 2 nitrogen and oxygen atoms in total. The molecule has 2 heteroatoms. The van der Waals surface area contributed by atoms with E-state index in [1.54, 1.807) is 0 Å². The fourth-order valence-electron chi connectivity index (χ4n) is 0.941. The first-order valence-electron chi connectivity index (χ1n) is 4.71. The molecule has 0 aliphatic heterocycles. The summed E-state index contributed by atoms with van der Waals surface area (Å²) >= 11 is 0. The van der Waals surface area contributed by atoms with Gasteiger partial charge in [-0.15, -0.1) is 0 Å². The highest BCUT2D eigenvalue weighted by Gasteiger charge is 2.12. The predicted octanol–water partition coefficient (Wildman–Crippen LogP) is 2.30. The molecule has 0 atom stereocenters. The molecule has 1 amide bonds. The van der Waals surface area contributed by atoms with Gasteiger partial charge in [-0.3, -0.25) is 4.79 Å². The largest absolute Gasteiger partial charge is 0.353 e. The van der Waals surface area contributed by atoms with E-state index in [0.717, 1.165) is 25.2 Å². The Kier molecular flexibility index (Phi) is 5.77. The fourth-order valence-corrected chi connectivity index (χ4v) is 0.941. The van der Waals surface area contributed by atoms with E-state index in [1.807, 2.05) is 20.8 Å². The zero-order valence-corrected chi connectivity index (χ0v) is 8.61. The van der Waals surface area contributed by atoms with Gasteiger partial charge in [-0.25, -0.2) is 0 Å². The van der Waals surface area contributed by atoms with E-state index in [2.05, 4.69) is 12.2 Å². The van der Waals surface area contributed by atoms with Crippen molar-refractivity contribution < 1.29 is 4.79 Å². The second-order valence-electron chi connectivity index (χ2n) is 3.51. The maximum Gasteiger partial charge on any atom is 0.227 e. The van der Waals surface area contributed by atoms with Gasteiger partial charge in [-0.2, -0.15) is 0 Å². The van der Waals surface area contributed by atoms with Crippen LogP contribution in [0.1, 0.15) is 47.0 Å². The Morgan fingerprint density at radius 2 is 2.00 bits per heavy atom. The van der Waals surface area contributed by atoms with Crippen LogP contribution >= 0.6 is 0 Å². The monoisotopic (exact) mass is 170 g/mol. The molecule has 0 aromatic heterocycles. The predicted molar refractivity (Wildman–Crippen MR) is 51.7 cm³/mol. The molecule has 0 aromatic carbocycles. The van der Waals surface area contributed by atoms with Gasteiger partial charge < -0.3 is 5.32 Å². The first-order valence-corrected chi connectivity index (χ1v) is 4.71. The molecule has 71 valence electrons. The number of amides is 1. The van der Waals surface area contributed by atoms with Crippen LogP contribution in [0.25, 0.3) is 0 Å². The van der Waals surface area contributed by atoms with Gasteiger partial charge in [0.25, 0.3) is 0 Å². The molecule has 0 fully saturated rings. The van der Waals surface area contributed by atoms with Gasteiger partial charge in [0.15, 0.2) is 0 Å². The zero-order chi connectivity index (χ0) is 9.56. The highest BCUT2D eigenvalue weighted by atomic mass is 16.1. The maximum absolute atomic E-state index is 11.3. The van der Waals surface area contributed by atoms with Crippen molar-refractivity contribution in [3.8, 4) is 0 Å². The van der Waals surface area contributed by atoms with Gasteiger partial charge in [0, 0.05) is 6.04 Å². The summed E-state index contributed by atoms with van der Waals surface area (Å²) in [5.74, 6) is 1.06. The van der Waals surface area contributed by atoms with Crippen molar-refractivity contribution in [2.45, 2.75) is 53.0 Å². The maximum atomic E-state index is 11.3. The summed E-state index contributed by atoms with van der Waals surface area (Å²) < 4.78 is 0. The molecule has 0 saturated heterocycles. The number of hydrogen-bond acceptors (Lipinski definition) is 1. The third-order valence-corrected chi connectivity index (χ3v) is 1.71. The molecular formula is C10H20NO. The van der Waals surface area contributed by atoms with Crippen LogP contribution in [-0.2, 0) is 4.79 Å². The van der Waals surface area contributed by atoms with E-state index < -0.39 is 0 Å². The van der Waals surface area contributed by atoms with Crippen LogP contribution in [0.3, 0.4) is 0 Å². The van der Waals surface area contributed by atoms with E-state index >= 15 is 0 Å². The van der Waals surface area contributed by atoms with Crippen LogP contribution in [0, 0.1) is 5.92 Å². The minimum Gasteiger partial charge on any atom is -0.353 e. The zero-order valence-electron chi connectivity index (χ0n) is 8.61. The Bertz CT molecular complexity index is 132. The van der Waals surface area contributed by atoms with Crippen LogP contribution in [-0.4, -0.2) is 11.9 Å². The highest BCUT2D eigenvalue weighted by Crippen LogP contribution is 2.09. The fraction of sp³-hybridized carbons (Fsp3) is 0.800. The average molecular weight is 170 g/mol. The molecule has 0 heterocycles. The molecule has 0 unspecified atom stereocenters. The Balaban J connectivity index is 3.61. The lowest BCUT2D eigenvalue weighted by molar-refractivity contribution is -0.119. The number of carbonyl (C=O) groups is 1. The van der Waals surface area contributed by atoms with Crippen LogP contribution in [0.5, 0.6) is 0 Å². The van der Waals surface area contributed by atoms with Gasteiger partial charge in [-0.05, 0) is 27.2 Å². The topological polar surface area (TPSA) is 29.1 Å². The Hall–Kier alpha value is -0.530. The van der Waals surface area contributed by atoms with Gasteiger partial charge in [-0.1, -0.05) is 19.8 Å². The first-order chi connectivity index (χ1) is 5.57. The second kappa shape index (κ2) is 6.04. The van der Waals surface area contributed by atoms with Crippen LogP contribution in [0.2, 0.25) is 0 Å². The summed E-state index contributed by atoms with van der Waals surface area (Å²) in [6, 6.07) is 0.245. The van der Waals surface area contributed by atoms with Gasteiger partial charge in [0.1, 0.15) is 0 Å².